The molecule has 2 aromatic rings. The van der Waals surface area contributed by atoms with E-state index in [2.05, 4.69) is 27.4 Å². The van der Waals surface area contributed by atoms with Crippen LogP contribution in [0.5, 0.6) is 0 Å². The number of benzene rings is 1. The van der Waals surface area contributed by atoms with Gasteiger partial charge in [0.1, 0.15) is 12.3 Å². The maximum Gasteiger partial charge on any atom is 0.276 e. The van der Waals surface area contributed by atoms with Crippen LogP contribution < -0.4 is 10.9 Å². The molecular formula is C15H13N3O3. The molecule has 0 bridgehead atoms. The van der Waals surface area contributed by atoms with Crippen molar-refractivity contribution in [1.82, 2.24) is 10.2 Å². The van der Waals surface area contributed by atoms with Gasteiger partial charge in [-0.05, 0) is 30.7 Å². The normalized spacial score (nSPS) is 9.62. The van der Waals surface area contributed by atoms with Crippen LogP contribution in [0.15, 0.2) is 35.1 Å². The van der Waals surface area contributed by atoms with E-state index in [0.29, 0.717) is 11.3 Å². The summed E-state index contributed by atoms with van der Waals surface area (Å²) in [5, 5.41) is 17.3. The highest BCUT2D eigenvalue weighted by atomic mass is 16.2. The van der Waals surface area contributed by atoms with Gasteiger partial charge in [-0.15, -0.1) is 0 Å². The quantitative estimate of drug-likeness (QED) is 0.706. The van der Waals surface area contributed by atoms with E-state index in [1.165, 1.54) is 12.1 Å². The number of aliphatic hydroxyl groups is 1. The molecule has 0 aliphatic heterocycles. The molecule has 0 unspecified atom stereocenters. The first-order chi connectivity index (χ1) is 10.1. The fraction of sp³-hybridized carbons (Fsp3) is 0.133. The van der Waals surface area contributed by atoms with E-state index in [9.17, 15) is 9.59 Å². The maximum absolute atomic E-state index is 12.0. The van der Waals surface area contributed by atoms with Crippen LogP contribution >= 0.6 is 0 Å². The van der Waals surface area contributed by atoms with Gasteiger partial charge in [0.2, 0.25) is 0 Å². The third kappa shape index (κ3) is 3.78. The van der Waals surface area contributed by atoms with Gasteiger partial charge in [0, 0.05) is 17.3 Å². The Kier molecular flexibility index (Phi) is 4.49. The highest BCUT2D eigenvalue weighted by Gasteiger charge is 2.09. The van der Waals surface area contributed by atoms with Gasteiger partial charge in [-0.2, -0.15) is 5.10 Å². The van der Waals surface area contributed by atoms with E-state index in [4.69, 9.17) is 5.11 Å². The van der Waals surface area contributed by atoms with Gasteiger partial charge < -0.3 is 10.4 Å². The molecule has 3 N–H and O–H groups in total. The van der Waals surface area contributed by atoms with Gasteiger partial charge in [-0.25, -0.2) is 5.10 Å². The van der Waals surface area contributed by atoms with Gasteiger partial charge in [-0.1, -0.05) is 17.9 Å². The molecule has 0 radical (unpaired) electrons. The number of H-pyrrole nitrogens is 1. The minimum Gasteiger partial charge on any atom is -0.384 e. The SMILES string of the molecule is Cc1ccc(C#CCO)cc1NC(=O)c1ccc(=O)[nH]n1. The number of carbonyl (C=O) groups excluding carboxylic acids is 1. The first kappa shape index (κ1) is 14.5. The number of carbonyl (C=O) groups is 1. The predicted octanol–water partition coefficient (Wildman–Crippen LogP) is 0.674. The number of amides is 1. The second kappa shape index (κ2) is 6.50. The Hall–Kier alpha value is -2.91. The van der Waals surface area contributed by atoms with Gasteiger partial charge in [0.25, 0.3) is 11.5 Å². The Bertz CT molecular complexity index is 764. The maximum atomic E-state index is 12.0. The summed E-state index contributed by atoms with van der Waals surface area (Å²) in [5.41, 5.74) is 1.88. The van der Waals surface area contributed by atoms with Crippen LogP contribution in [-0.2, 0) is 0 Å². The Labute approximate surface area is 120 Å². The lowest BCUT2D eigenvalue weighted by Crippen LogP contribution is -2.18. The van der Waals surface area contributed by atoms with E-state index in [0.717, 1.165) is 5.56 Å². The summed E-state index contributed by atoms with van der Waals surface area (Å²) >= 11 is 0. The van der Waals surface area contributed by atoms with Gasteiger partial charge in [0.15, 0.2) is 0 Å². The van der Waals surface area contributed by atoms with Crippen molar-refractivity contribution in [2.24, 2.45) is 0 Å². The minimum atomic E-state index is -0.429. The number of aliphatic hydroxyl groups excluding tert-OH is 1. The fourth-order valence-corrected chi connectivity index (χ4v) is 1.63. The average molecular weight is 283 g/mol. The number of rotatable bonds is 2. The monoisotopic (exact) mass is 283 g/mol. The summed E-state index contributed by atoms with van der Waals surface area (Å²) in [4.78, 5) is 22.9. The van der Waals surface area contributed by atoms with E-state index in [1.807, 2.05) is 13.0 Å². The summed E-state index contributed by atoms with van der Waals surface area (Å²) in [7, 11) is 0. The zero-order valence-electron chi connectivity index (χ0n) is 11.3. The number of aryl methyl sites for hydroxylation is 1. The third-order valence-corrected chi connectivity index (χ3v) is 2.71. The Morgan fingerprint density at radius 2 is 2.19 bits per heavy atom. The van der Waals surface area contributed by atoms with Crippen molar-refractivity contribution >= 4 is 11.6 Å². The van der Waals surface area contributed by atoms with E-state index in [-0.39, 0.29) is 17.9 Å². The number of aromatic amines is 1. The molecule has 106 valence electrons. The first-order valence-electron chi connectivity index (χ1n) is 6.17. The van der Waals surface area contributed by atoms with Crippen LogP contribution in [0.1, 0.15) is 21.6 Å². The molecule has 21 heavy (non-hydrogen) atoms. The molecule has 1 heterocycles. The number of anilines is 1. The summed E-state index contributed by atoms with van der Waals surface area (Å²) in [6, 6.07) is 7.90. The highest BCUT2D eigenvalue weighted by Crippen LogP contribution is 2.17. The smallest absolute Gasteiger partial charge is 0.276 e. The second-order valence-corrected chi connectivity index (χ2v) is 4.25. The highest BCUT2D eigenvalue weighted by molar-refractivity contribution is 6.03. The van der Waals surface area contributed by atoms with E-state index >= 15 is 0 Å². The molecule has 1 aromatic carbocycles. The van der Waals surface area contributed by atoms with Crippen molar-refractivity contribution in [2.45, 2.75) is 6.92 Å². The van der Waals surface area contributed by atoms with Crippen molar-refractivity contribution < 1.29 is 9.90 Å². The first-order valence-corrected chi connectivity index (χ1v) is 6.17. The van der Waals surface area contributed by atoms with Crippen LogP contribution in [0.2, 0.25) is 0 Å². The Balaban J connectivity index is 2.24. The third-order valence-electron chi connectivity index (χ3n) is 2.71. The Morgan fingerprint density at radius 3 is 2.86 bits per heavy atom. The molecule has 1 aromatic heterocycles. The lowest BCUT2D eigenvalue weighted by molar-refractivity contribution is 0.102. The number of aromatic nitrogens is 2. The lowest BCUT2D eigenvalue weighted by atomic mass is 10.1. The summed E-state index contributed by atoms with van der Waals surface area (Å²) in [6.07, 6.45) is 0. The molecule has 0 aliphatic rings. The van der Waals surface area contributed by atoms with Crippen molar-refractivity contribution in [3.63, 3.8) is 0 Å². The van der Waals surface area contributed by atoms with Gasteiger partial charge in [-0.3, -0.25) is 9.59 Å². The Morgan fingerprint density at radius 1 is 1.38 bits per heavy atom. The van der Waals surface area contributed by atoms with Crippen LogP contribution in [0, 0.1) is 18.8 Å². The topological polar surface area (TPSA) is 95.1 Å². The number of hydrogen-bond donors (Lipinski definition) is 3. The van der Waals surface area contributed by atoms with Crippen LogP contribution in [0.25, 0.3) is 0 Å². The molecule has 1 amide bonds. The van der Waals surface area contributed by atoms with Crippen LogP contribution in [0.4, 0.5) is 5.69 Å². The largest absolute Gasteiger partial charge is 0.384 e. The van der Waals surface area contributed by atoms with Crippen molar-refractivity contribution in [3.05, 3.63) is 57.5 Å². The van der Waals surface area contributed by atoms with Crippen LogP contribution in [-0.4, -0.2) is 27.8 Å². The number of nitrogens with zero attached hydrogens (tertiary/aromatic N) is 1. The van der Waals surface area contributed by atoms with E-state index < -0.39 is 5.91 Å². The lowest BCUT2D eigenvalue weighted by Gasteiger charge is -2.08. The van der Waals surface area contributed by atoms with Crippen LogP contribution in [0.3, 0.4) is 0 Å². The zero-order chi connectivity index (χ0) is 15.2. The second-order valence-electron chi connectivity index (χ2n) is 4.25. The molecule has 0 saturated carbocycles. The molecule has 0 atom stereocenters. The molecule has 0 saturated heterocycles. The van der Waals surface area contributed by atoms with Gasteiger partial charge >= 0.3 is 0 Å². The number of hydrogen-bond acceptors (Lipinski definition) is 4. The summed E-state index contributed by atoms with van der Waals surface area (Å²) < 4.78 is 0. The van der Waals surface area contributed by atoms with Gasteiger partial charge in [0.05, 0.1) is 0 Å². The average Bonchev–Trinajstić information content (AvgIpc) is 2.48. The molecule has 6 nitrogen and oxygen atoms in total. The molecule has 0 spiro atoms. The van der Waals surface area contributed by atoms with Crippen molar-refractivity contribution in [3.8, 4) is 11.8 Å². The van der Waals surface area contributed by atoms with Crippen molar-refractivity contribution in [1.29, 1.82) is 0 Å². The summed E-state index contributed by atoms with van der Waals surface area (Å²) in [5.74, 6) is 4.88. The zero-order valence-corrected chi connectivity index (χ0v) is 11.3. The number of nitrogens with one attached hydrogen (secondary N) is 2. The standard InChI is InChI=1S/C15H13N3O3/c1-10-4-5-11(3-2-8-19)9-13(10)16-15(21)12-6-7-14(20)18-17-12/h4-7,9,19H,8H2,1H3,(H,16,21)(H,18,20). The summed E-state index contributed by atoms with van der Waals surface area (Å²) in [6.45, 7) is 1.62. The van der Waals surface area contributed by atoms with Crippen molar-refractivity contribution in [2.75, 3.05) is 11.9 Å². The molecule has 6 heteroatoms. The molecular weight excluding hydrogens is 270 g/mol. The van der Waals surface area contributed by atoms with E-state index in [1.54, 1.807) is 12.1 Å². The minimum absolute atomic E-state index is 0.112. The molecule has 0 aliphatic carbocycles. The molecule has 2 rings (SSSR count). The predicted molar refractivity (Wildman–Crippen MR) is 78.0 cm³/mol. The molecule has 0 fully saturated rings. The fourth-order valence-electron chi connectivity index (χ4n) is 1.63.